The molecular formula is C26H24N2O3. The molecule has 0 fully saturated rings. The number of fused-ring (bicyclic) bond motifs is 1. The number of hydrogen-bond donors (Lipinski definition) is 1. The van der Waals surface area contributed by atoms with E-state index in [1.807, 2.05) is 85.1 Å². The van der Waals surface area contributed by atoms with Gasteiger partial charge in [-0.2, -0.15) is 0 Å². The lowest BCUT2D eigenvalue weighted by Crippen LogP contribution is -2.20. The van der Waals surface area contributed by atoms with Gasteiger partial charge in [0, 0.05) is 23.3 Å². The largest absolute Gasteiger partial charge is 0.489 e. The van der Waals surface area contributed by atoms with Crippen LogP contribution in [-0.4, -0.2) is 10.5 Å². The maximum atomic E-state index is 12.6. The standard InChI is InChI=1S/C26H24N2O3/c1-18-14-19(2)26-23(15-18)28(13-12-24(26)29)16-25(30)27-21-8-10-22(11-9-21)31-17-20-6-4-3-5-7-20/h3-15H,16-17H2,1-2H3,(H,27,30). The summed E-state index contributed by atoms with van der Waals surface area (Å²) in [6.45, 7) is 4.51. The number of carbonyl (C=O) groups excluding carboxylic acids is 1. The first kappa shape index (κ1) is 20.4. The second kappa shape index (κ2) is 8.88. The number of ether oxygens (including phenoxy) is 1. The number of benzene rings is 3. The number of rotatable bonds is 6. The van der Waals surface area contributed by atoms with Crippen molar-refractivity contribution in [2.75, 3.05) is 5.32 Å². The number of pyridine rings is 1. The number of aryl methyl sites for hydroxylation is 2. The Morgan fingerprint density at radius 2 is 1.71 bits per heavy atom. The van der Waals surface area contributed by atoms with Crippen molar-refractivity contribution in [1.82, 2.24) is 4.57 Å². The minimum atomic E-state index is -0.165. The van der Waals surface area contributed by atoms with Gasteiger partial charge in [-0.25, -0.2) is 0 Å². The van der Waals surface area contributed by atoms with Crippen LogP contribution in [0.1, 0.15) is 16.7 Å². The second-order valence-electron chi connectivity index (χ2n) is 7.63. The maximum absolute atomic E-state index is 12.6. The number of nitrogens with zero attached hydrogens (tertiary/aromatic N) is 1. The van der Waals surface area contributed by atoms with Crippen LogP contribution in [0.15, 0.2) is 83.8 Å². The summed E-state index contributed by atoms with van der Waals surface area (Å²) in [6.07, 6.45) is 1.67. The van der Waals surface area contributed by atoms with Crippen LogP contribution in [0.3, 0.4) is 0 Å². The minimum Gasteiger partial charge on any atom is -0.489 e. The van der Waals surface area contributed by atoms with Crippen molar-refractivity contribution in [3.8, 4) is 5.75 Å². The Balaban J connectivity index is 1.43. The molecule has 0 aliphatic rings. The van der Waals surface area contributed by atoms with Gasteiger partial charge in [0.05, 0.1) is 5.52 Å². The molecule has 1 heterocycles. The summed E-state index contributed by atoms with van der Waals surface area (Å²) >= 11 is 0. The molecule has 0 saturated heterocycles. The number of nitrogens with one attached hydrogen (secondary N) is 1. The average molecular weight is 412 g/mol. The Hall–Kier alpha value is -3.86. The van der Waals surface area contributed by atoms with Crippen molar-refractivity contribution in [3.63, 3.8) is 0 Å². The zero-order valence-electron chi connectivity index (χ0n) is 17.6. The van der Waals surface area contributed by atoms with Crippen molar-refractivity contribution >= 4 is 22.5 Å². The number of anilines is 1. The van der Waals surface area contributed by atoms with Crippen molar-refractivity contribution in [1.29, 1.82) is 0 Å². The number of amides is 1. The molecule has 0 aliphatic carbocycles. The summed E-state index contributed by atoms with van der Waals surface area (Å²) in [5, 5.41) is 3.56. The molecule has 3 aromatic carbocycles. The Morgan fingerprint density at radius 1 is 0.968 bits per heavy atom. The lowest BCUT2D eigenvalue weighted by molar-refractivity contribution is -0.116. The van der Waals surface area contributed by atoms with Gasteiger partial charge >= 0.3 is 0 Å². The lowest BCUT2D eigenvalue weighted by Gasteiger charge is -2.13. The Kier molecular flexibility index (Phi) is 5.85. The third-order valence-corrected chi connectivity index (χ3v) is 5.12. The molecule has 5 nitrogen and oxygen atoms in total. The number of aromatic nitrogens is 1. The number of hydrogen-bond acceptors (Lipinski definition) is 3. The van der Waals surface area contributed by atoms with Gasteiger partial charge in [-0.15, -0.1) is 0 Å². The summed E-state index contributed by atoms with van der Waals surface area (Å²) in [5.74, 6) is 0.571. The molecule has 31 heavy (non-hydrogen) atoms. The van der Waals surface area contributed by atoms with Gasteiger partial charge in [0.1, 0.15) is 18.9 Å². The van der Waals surface area contributed by atoms with Gasteiger partial charge in [-0.1, -0.05) is 36.4 Å². The molecule has 1 N–H and O–H groups in total. The molecule has 0 radical (unpaired) electrons. The van der Waals surface area contributed by atoms with Crippen LogP contribution < -0.4 is 15.5 Å². The van der Waals surface area contributed by atoms with Crippen LogP contribution in [0.2, 0.25) is 0 Å². The first-order valence-corrected chi connectivity index (χ1v) is 10.2. The third kappa shape index (κ3) is 4.83. The van der Waals surface area contributed by atoms with Crippen LogP contribution >= 0.6 is 0 Å². The monoisotopic (exact) mass is 412 g/mol. The highest BCUT2D eigenvalue weighted by Gasteiger charge is 2.10. The molecule has 0 spiro atoms. The van der Waals surface area contributed by atoms with E-state index in [0.29, 0.717) is 17.7 Å². The Morgan fingerprint density at radius 3 is 2.45 bits per heavy atom. The molecule has 4 aromatic rings. The maximum Gasteiger partial charge on any atom is 0.244 e. The molecule has 0 aliphatic heterocycles. The fourth-order valence-electron chi connectivity index (χ4n) is 3.68. The van der Waals surface area contributed by atoms with Crippen molar-refractivity contribution in [2.24, 2.45) is 0 Å². The van der Waals surface area contributed by atoms with Crippen LogP contribution in [0.4, 0.5) is 5.69 Å². The quantitative estimate of drug-likeness (QED) is 0.493. The molecule has 0 saturated carbocycles. The van der Waals surface area contributed by atoms with E-state index in [2.05, 4.69) is 5.32 Å². The smallest absolute Gasteiger partial charge is 0.244 e. The predicted molar refractivity (Wildman–Crippen MR) is 124 cm³/mol. The zero-order chi connectivity index (χ0) is 21.8. The van der Waals surface area contributed by atoms with E-state index in [1.165, 1.54) is 6.07 Å². The summed E-state index contributed by atoms with van der Waals surface area (Å²) < 4.78 is 7.59. The van der Waals surface area contributed by atoms with Gasteiger partial charge in [-0.05, 0) is 60.9 Å². The van der Waals surface area contributed by atoms with Crippen LogP contribution in [0.25, 0.3) is 10.9 Å². The highest BCUT2D eigenvalue weighted by molar-refractivity contribution is 5.92. The van der Waals surface area contributed by atoms with Gasteiger partial charge in [0.25, 0.3) is 0 Å². The second-order valence-corrected chi connectivity index (χ2v) is 7.63. The van der Waals surface area contributed by atoms with Gasteiger partial charge in [0.15, 0.2) is 5.43 Å². The summed E-state index contributed by atoms with van der Waals surface area (Å²) in [4.78, 5) is 24.9. The first-order valence-electron chi connectivity index (χ1n) is 10.2. The minimum absolute atomic E-state index is 0.0322. The van der Waals surface area contributed by atoms with E-state index < -0.39 is 0 Å². The predicted octanol–water partition coefficient (Wildman–Crippen LogP) is 4.84. The first-order chi connectivity index (χ1) is 15.0. The van der Waals surface area contributed by atoms with Crippen molar-refractivity contribution in [3.05, 3.63) is 106 Å². The molecule has 1 aromatic heterocycles. The number of carbonyl (C=O) groups is 1. The molecule has 0 unspecified atom stereocenters. The van der Waals surface area contributed by atoms with Gasteiger partial charge in [-0.3, -0.25) is 9.59 Å². The molecular weight excluding hydrogens is 388 g/mol. The molecule has 5 heteroatoms. The third-order valence-electron chi connectivity index (χ3n) is 5.12. The average Bonchev–Trinajstić information content (AvgIpc) is 2.75. The molecule has 0 atom stereocenters. The SMILES string of the molecule is Cc1cc(C)c2c(=O)ccn(CC(=O)Nc3ccc(OCc4ccccc4)cc3)c2c1. The van der Waals surface area contributed by atoms with Crippen LogP contribution in [-0.2, 0) is 17.9 Å². The molecule has 0 bridgehead atoms. The van der Waals surface area contributed by atoms with Crippen molar-refractivity contribution < 1.29 is 9.53 Å². The van der Waals surface area contributed by atoms with Crippen LogP contribution in [0.5, 0.6) is 5.75 Å². The van der Waals surface area contributed by atoms with E-state index >= 15 is 0 Å². The van der Waals surface area contributed by atoms with Gasteiger partial charge in [0.2, 0.25) is 5.91 Å². The summed E-state index contributed by atoms with van der Waals surface area (Å²) in [6, 6.07) is 22.7. The highest BCUT2D eigenvalue weighted by Crippen LogP contribution is 2.19. The molecule has 156 valence electrons. The van der Waals surface area contributed by atoms with Crippen LogP contribution in [0, 0.1) is 13.8 Å². The fraction of sp³-hybridized carbons (Fsp3) is 0.154. The molecule has 4 rings (SSSR count). The van der Waals surface area contributed by atoms with Crippen molar-refractivity contribution in [2.45, 2.75) is 27.0 Å². The fourth-order valence-corrected chi connectivity index (χ4v) is 3.68. The zero-order valence-corrected chi connectivity index (χ0v) is 17.6. The van der Waals surface area contributed by atoms with E-state index in [9.17, 15) is 9.59 Å². The van der Waals surface area contributed by atoms with E-state index in [4.69, 9.17) is 4.74 Å². The highest BCUT2D eigenvalue weighted by atomic mass is 16.5. The molecule has 1 amide bonds. The Bertz CT molecular complexity index is 1280. The van der Waals surface area contributed by atoms with E-state index in [0.717, 1.165) is 28.0 Å². The normalized spacial score (nSPS) is 10.8. The van der Waals surface area contributed by atoms with Gasteiger partial charge < -0.3 is 14.6 Å². The Labute approximate surface area is 180 Å². The summed E-state index contributed by atoms with van der Waals surface area (Å²) in [7, 11) is 0. The summed E-state index contributed by atoms with van der Waals surface area (Å²) in [5.41, 5.74) is 4.49. The lowest BCUT2D eigenvalue weighted by atomic mass is 10.1. The topological polar surface area (TPSA) is 60.3 Å². The van der Waals surface area contributed by atoms with E-state index in [1.54, 1.807) is 6.20 Å². The van der Waals surface area contributed by atoms with E-state index in [-0.39, 0.29) is 17.9 Å².